The highest BCUT2D eigenvalue weighted by molar-refractivity contribution is 9.11. The molecule has 1 atom stereocenters. The standard InChI is InChI=1S/C12H15Br2NO4S/c1-7(2)10(6-12(16)17)15-20(18,19)11-5-8(13)3-4-9(11)14/h3-5,7,10,15H,6H2,1-2H3,(H,16,17). The van der Waals surface area contributed by atoms with Gasteiger partial charge in [-0.05, 0) is 40.0 Å². The van der Waals surface area contributed by atoms with Crippen molar-refractivity contribution in [2.24, 2.45) is 5.92 Å². The first kappa shape index (κ1) is 17.6. The fourth-order valence-corrected chi connectivity index (χ4v) is 4.43. The van der Waals surface area contributed by atoms with Crippen molar-refractivity contribution in [2.75, 3.05) is 0 Å². The molecule has 0 saturated carbocycles. The highest BCUT2D eigenvalue weighted by Crippen LogP contribution is 2.26. The Morgan fingerprint density at radius 3 is 2.45 bits per heavy atom. The van der Waals surface area contributed by atoms with Crippen LogP contribution in [-0.4, -0.2) is 25.5 Å². The van der Waals surface area contributed by atoms with E-state index in [1.807, 2.05) is 0 Å². The van der Waals surface area contributed by atoms with Crippen molar-refractivity contribution in [1.29, 1.82) is 0 Å². The van der Waals surface area contributed by atoms with Gasteiger partial charge in [0.1, 0.15) is 0 Å². The predicted octanol–water partition coefficient (Wildman–Crippen LogP) is 2.99. The number of halogens is 2. The maximum absolute atomic E-state index is 12.3. The first-order chi connectivity index (χ1) is 9.13. The Balaban J connectivity index is 3.09. The monoisotopic (exact) mass is 427 g/mol. The van der Waals surface area contributed by atoms with Crippen molar-refractivity contribution in [3.63, 3.8) is 0 Å². The van der Waals surface area contributed by atoms with Gasteiger partial charge in [0.15, 0.2) is 0 Å². The molecule has 0 aliphatic rings. The van der Waals surface area contributed by atoms with Gasteiger partial charge in [0, 0.05) is 15.0 Å². The molecule has 8 heteroatoms. The Labute approximate surface area is 135 Å². The number of rotatable bonds is 6. The van der Waals surface area contributed by atoms with E-state index < -0.39 is 22.0 Å². The van der Waals surface area contributed by atoms with Crippen LogP contribution in [-0.2, 0) is 14.8 Å². The van der Waals surface area contributed by atoms with E-state index in [4.69, 9.17) is 5.11 Å². The van der Waals surface area contributed by atoms with Crippen LogP contribution in [0.1, 0.15) is 20.3 Å². The van der Waals surface area contributed by atoms with E-state index in [1.165, 1.54) is 6.07 Å². The van der Waals surface area contributed by atoms with E-state index in [-0.39, 0.29) is 17.2 Å². The topological polar surface area (TPSA) is 83.5 Å². The first-order valence-electron chi connectivity index (χ1n) is 5.82. The highest BCUT2D eigenvalue weighted by Gasteiger charge is 2.26. The molecule has 2 N–H and O–H groups in total. The Kier molecular flexibility index (Phi) is 6.18. The van der Waals surface area contributed by atoms with Crippen LogP contribution in [0.3, 0.4) is 0 Å². The number of hydrogen-bond donors (Lipinski definition) is 2. The zero-order valence-corrected chi connectivity index (χ0v) is 14.9. The van der Waals surface area contributed by atoms with Gasteiger partial charge in [-0.15, -0.1) is 0 Å². The summed E-state index contributed by atoms with van der Waals surface area (Å²) in [7, 11) is -3.79. The van der Waals surface area contributed by atoms with Crippen molar-refractivity contribution in [1.82, 2.24) is 4.72 Å². The summed E-state index contributed by atoms with van der Waals surface area (Å²) in [6.07, 6.45) is -0.261. The number of aliphatic carboxylic acids is 1. The maximum Gasteiger partial charge on any atom is 0.304 e. The largest absolute Gasteiger partial charge is 0.481 e. The van der Waals surface area contributed by atoms with E-state index in [1.54, 1.807) is 26.0 Å². The molecule has 0 amide bonds. The second-order valence-corrected chi connectivity index (χ2v) is 8.10. The van der Waals surface area contributed by atoms with Crippen molar-refractivity contribution in [3.05, 3.63) is 27.1 Å². The molecule has 1 rings (SSSR count). The first-order valence-corrected chi connectivity index (χ1v) is 8.89. The Morgan fingerprint density at radius 1 is 1.35 bits per heavy atom. The average Bonchev–Trinajstić information content (AvgIpc) is 2.30. The molecule has 5 nitrogen and oxygen atoms in total. The summed E-state index contributed by atoms with van der Waals surface area (Å²) in [4.78, 5) is 10.9. The van der Waals surface area contributed by atoms with Crippen molar-refractivity contribution >= 4 is 47.9 Å². The Morgan fingerprint density at radius 2 is 1.95 bits per heavy atom. The van der Waals surface area contributed by atoms with E-state index in [0.717, 1.165) is 0 Å². The van der Waals surface area contributed by atoms with Crippen LogP contribution in [0.25, 0.3) is 0 Å². The van der Waals surface area contributed by atoms with Gasteiger partial charge in [-0.3, -0.25) is 4.79 Å². The lowest BCUT2D eigenvalue weighted by molar-refractivity contribution is -0.137. The summed E-state index contributed by atoms with van der Waals surface area (Å²) in [5, 5.41) is 8.85. The molecule has 1 unspecified atom stereocenters. The van der Waals surface area contributed by atoms with Gasteiger partial charge in [-0.25, -0.2) is 13.1 Å². The molecule has 0 heterocycles. The summed E-state index contributed by atoms with van der Waals surface area (Å²) >= 11 is 6.40. The van der Waals surface area contributed by atoms with Crippen LogP contribution in [0.2, 0.25) is 0 Å². The second-order valence-electron chi connectivity index (χ2n) is 4.64. The minimum atomic E-state index is -3.79. The number of carboxylic acid groups (broad SMARTS) is 1. The Bertz CT molecular complexity index is 601. The minimum absolute atomic E-state index is 0.0721. The minimum Gasteiger partial charge on any atom is -0.481 e. The lowest BCUT2D eigenvalue weighted by Gasteiger charge is -2.21. The lowest BCUT2D eigenvalue weighted by atomic mass is 10.0. The van der Waals surface area contributed by atoms with Gasteiger partial charge in [0.05, 0.1) is 11.3 Å². The predicted molar refractivity (Wildman–Crippen MR) is 83.0 cm³/mol. The van der Waals surface area contributed by atoms with Gasteiger partial charge < -0.3 is 5.11 Å². The molecular formula is C12H15Br2NO4S. The van der Waals surface area contributed by atoms with Crippen LogP contribution in [0.5, 0.6) is 0 Å². The number of sulfonamides is 1. The van der Waals surface area contributed by atoms with Crippen molar-refractivity contribution < 1.29 is 18.3 Å². The lowest BCUT2D eigenvalue weighted by Crippen LogP contribution is -2.40. The molecular weight excluding hydrogens is 414 g/mol. The van der Waals surface area contributed by atoms with Gasteiger partial charge in [-0.2, -0.15) is 0 Å². The molecule has 0 radical (unpaired) electrons. The smallest absolute Gasteiger partial charge is 0.304 e. The fraction of sp³-hybridized carbons (Fsp3) is 0.417. The molecule has 0 fully saturated rings. The number of hydrogen-bond acceptors (Lipinski definition) is 3. The van der Waals surface area contributed by atoms with Crippen molar-refractivity contribution in [2.45, 2.75) is 31.2 Å². The zero-order valence-electron chi connectivity index (χ0n) is 10.9. The molecule has 1 aromatic rings. The van der Waals surface area contributed by atoms with E-state index in [0.29, 0.717) is 8.95 Å². The molecule has 112 valence electrons. The fourth-order valence-electron chi connectivity index (χ4n) is 1.55. The van der Waals surface area contributed by atoms with Crippen LogP contribution in [0, 0.1) is 5.92 Å². The highest BCUT2D eigenvalue weighted by atomic mass is 79.9. The molecule has 0 aliphatic carbocycles. The number of nitrogens with one attached hydrogen (secondary N) is 1. The number of benzene rings is 1. The molecule has 0 aliphatic heterocycles. The molecule has 1 aromatic carbocycles. The molecule has 0 bridgehead atoms. The molecule has 0 aromatic heterocycles. The van der Waals surface area contributed by atoms with Crippen LogP contribution in [0.15, 0.2) is 32.0 Å². The average molecular weight is 429 g/mol. The van der Waals surface area contributed by atoms with Crippen LogP contribution in [0.4, 0.5) is 0 Å². The van der Waals surface area contributed by atoms with Gasteiger partial charge in [-0.1, -0.05) is 29.8 Å². The maximum atomic E-state index is 12.3. The summed E-state index contributed by atoms with van der Waals surface area (Å²) in [6, 6.07) is 4.12. The number of carbonyl (C=O) groups is 1. The summed E-state index contributed by atoms with van der Waals surface area (Å²) in [6.45, 7) is 3.54. The third-order valence-corrected chi connectivity index (χ3v) is 5.67. The van der Waals surface area contributed by atoms with Crippen molar-refractivity contribution in [3.8, 4) is 0 Å². The van der Waals surface area contributed by atoms with Gasteiger partial charge in [0.2, 0.25) is 10.0 Å². The third-order valence-electron chi connectivity index (χ3n) is 2.69. The van der Waals surface area contributed by atoms with Crippen LogP contribution < -0.4 is 4.72 Å². The quantitative estimate of drug-likeness (QED) is 0.729. The molecule has 0 saturated heterocycles. The van der Waals surface area contributed by atoms with E-state index >= 15 is 0 Å². The summed E-state index contributed by atoms with van der Waals surface area (Å²) < 4.78 is 28.2. The summed E-state index contributed by atoms with van der Waals surface area (Å²) in [5.41, 5.74) is 0. The number of carboxylic acids is 1. The van der Waals surface area contributed by atoms with E-state index in [2.05, 4.69) is 36.6 Å². The zero-order chi connectivity index (χ0) is 15.5. The van der Waals surface area contributed by atoms with Gasteiger partial charge >= 0.3 is 5.97 Å². The van der Waals surface area contributed by atoms with Crippen LogP contribution >= 0.6 is 31.9 Å². The normalized spacial score (nSPS) is 13.4. The SMILES string of the molecule is CC(C)C(CC(=O)O)NS(=O)(=O)c1cc(Br)ccc1Br. The molecule has 20 heavy (non-hydrogen) atoms. The van der Waals surface area contributed by atoms with Gasteiger partial charge in [0.25, 0.3) is 0 Å². The van der Waals surface area contributed by atoms with E-state index in [9.17, 15) is 13.2 Å². The third kappa shape index (κ3) is 4.83. The molecule has 0 spiro atoms. The second kappa shape index (κ2) is 7.02. The Hall–Kier alpha value is -0.440. The summed E-state index contributed by atoms with van der Waals surface area (Å²) in [5.74, 6) is -1.17.